The minimum Gasteiger partial charge on any atom is -0.481 e. The van der Waals surface area contributed by atoms with Gasteiger partial charge in [-0.3, -0.25) is 4.79 Å². The number of alkyl halides is 1. The highest BCUT2D eigenvalue weighted by molar-refractivity contribution is 6.18. The van der Waals surface area contributed by atoms with E-state index in [2.05, 4.69) is 0 Å². The van der Waals surface area contributed by atoms with Gasteiger partial charge in [-0.1, -0.05) is 0 Å². The van der Waals surface area contributed by atoms with E-state index in [4.69, 9.17) is 16.7 Å². The van der Waals surface area contributed by atoms with Crippen molar-refractivity contribution in [3.8, 4) is 0 Å². The van der Waals surface area contributed by atoms with E-state index in [1.54, 1.807) is 0 Å². The van der Waals surface area contributed by atoms with Gasteiger partial charge in [0.2, 0.25) is 0 Å². The lowest BCUT2D eigenvalue weighted by Crippen LogP contribution is -2.46. The van der Waals surface area contributed by atoms with Crippen molar-refractivity contribution in [3.05, 3.63) is 0 Å². The average molecular weight is 203 g/mol. The second-order valence-electron chi connectivity index (χ2n) is 4.72. The van der Waals surface area contributed by atoms with Crippen LogP contribution in [0.2, 0.25) is 0 Å². The fourth-order valence-electron chi connectivity index (χ4n) is 2.78. The molecule has 3 fully saturated rings. The monoisotopic (exact) mass is 202 g/mol. The molecule has 3 aliphatic rings. The minimum atomic E-state index is -0.588. The zero-order chi connectivity index (χ0) is 9.53. The van der Waals surface area contributed by atoms with Crippen LogP contribution in [0.15, 0.2) is 0 Å². The molecule has 0 saturated heterocycles. The van der Waals surface area contributed by atoms with Crippen molar-refractivity contribution < 1.29 is 9.90 Å². The predicted molar refractivity (Wildman–Crippen MR) is 50.9 cm³/mol. The van der Waals surface area contributed by atoms with Gasteiger partial charge in [0.1, 0.15) is 0 Å². The molecule has 0 aromatic rings. The SMILES string of the molecule is O=C(O)C12CCC(CCl)(CC1)CC2. The maximum atomic E-state index is 11.1. The number of fused-ring (bicyclic) bond motifs is 3. The van der Waals surface area contributed by atoms with Gasteiger partial charge in [-0.2, -0.15) is 0 Å². The number of rotatable bonds is 2. The van der Waals surface area contributed by atoms with E-state index in [9.17, 15) is 4.79 Å². The Kier molecular flexibility index (Phi) is 2.06. The van der Waals surface area contributed by atoms with E-state index in [-0.39, 0.29) is 5.41 Å². The van der Waals surface area contributed by atoms with Crippen LogP contribution in [0.3, 0.4) is 0 Å². The maximum absolute atomic E-state index is 11.1. The third-order valence-corrected chi connectivity index (χ3v) is 4.71. The molecule has 0 aromatic heterocycles. The second-order valence-corrected chi connectivity index (χ2v) is 4.99. The summed E-state index contributed by atoms with van der Waals surface area (Å²) in [5.41, 5.74) is -0.0907. The molecule has 13 heavy (non-hydrogen) atoms. The number of carbonyl (C=O) groups is 1. The third kappa shape index (κ3) is 1.26. The van der Waals surface area contributed by atoms with Gasteiger partial charge in [-0.25, -0.2) is 0 Å². The van der Waals surface area contributed by atoms with Gasteiger partial charge in [0, 0.05) is 5.88 Å². The number of hydrogen-bond donors (Lipinski definition) is 1. The predicted octanol–water partition coefficient (Wildman–Crippen LogP) is 2.65. The topological polar surface area (TPSA) is 37.3 Å². The Hall–Kier alpha value is -0.240. The molecule has 0 unspecified atom stereocenters. The van der Waals surface area contributed by atoms with Crippen molar-refractivity contribution >= 4 is 17.6 Å². The van der Waals surface area contributed by atoms with E-state index in [1.807, 2.05) is 0 Å². The van der Waals surface area contributed by atoms with Gasteiger partial charge in [-0.05, 0) is 43.9 Å². The van der Waals surface area contributed by atoms with Crippen LogP contribution >= 0.6 is 11.6 Å². The molecule has 2 nitrogen and oxygen atoms in total. The summed E-state index contributed by atoms with van der Waals surface area (Å²) in [4.78, 5) is 11.1. The van der Waals surface area contributed by atoms with Gasteiger partial charge in [0.15, 0.2) is 0 Å². The summed E-state index contributed by atoms with van der Waals surface area (Å²) in [6.07, 6.45) is 5.58. The molecule has 0 spiro atoms. The summed E-state index contributed by atoms with van der Waals surface area (Å²) in [5, 5.41) is 9.14. The summed E-state index contributed by atoms with van der Waals surface area (Å²) in [6, 6.07) is 0. The largest absolute Gasteiger partial charge is 0.481 e. The van der Waals surface area contributed by atoms with E-state index >= 15 is 0 Å². The van der Waals surface area contributed by atoms with Crippen molar-refractivity contribution in [2.24, 2.45) is 10.8 Å². The van der Waals surface area contributed by atoms with Crippen LogP contribution in [0.4, 0.5) is 0 Å². The van der Waals surface area contributed by atoms with Crippen molar-refractivity contribution in [2.45, 2.75) is 38.5 Å². The highest BCUT2D eigenvalue weighted by Crippen LogP contribution is 2.57. The van der Waals surface area contributed by atoms with E-state index in [1.165, 1.54) is 0 Å². The number of aliphatic carboxylic acids is 1. The highest BCUT2D eigenvalue weighted by Gasteiger charge is 2.52. The first-order valence-electron chi connectivity index (χ1n) is 4.92. The molecule has 0 atom stereocenters. The van der Waals surface area contributed by atoms with Crippen molar-refractivity contribution in [1.82, 2.24) is 0 Å². The molecule has 0 heterocycles. The molecule has 2 bridgehead atoms. The Morgan fingerprint density at radius 2 is 1.62 bits per heavy atom. The fourth-order valence-corrected chi connectivity index (χ4v) is 3.19. The van der Waals surface area contributed by atoms with Gasteiger partial charge in [0.25, 0.3) is 0 Å². The lowest BCUT2D eigenvalue weighted by atomic mass is 9.54. The highest BCUT2D eigenvalue weighted by atomic mass is 35.5. The first kappa shape index (κ1) is 9.32. The second kappa shape index (κ2) is 2.88. The molecule has 3 heteroatoms. The standard InChI is InChI=1S/C10H15ClO2/c11-7-9-1-4-10(5-2-9,6-3-9)8(12)13/h1-7H2,(H,12,13). The van der Waals surface area contributed by atoms with Crippen LogP contribution in [0.5, 0.6) is 0 Å². The maximum Gasteiger partial charge on any atom is 0.309 e. The van der Waals surface area contributed by atoms with E-state index < -0.39 is 5.97 Å². The molecule has 3 saturated carbocycles. The molecule has 0 amide bonds. The van der Waals surface area contributed by atoms with Crippen LogP contribution in [0.1, 0.15) is 38.5 Å². The molecule has 1 N–H and O–H groups in total. The first-order valence-corrected chi connectivity index (χ1v) is 5.45. The van der Waals surface area contributed by atoms with Gasteiger partial charge in [0.05, 0.1) is 5.41 Å². The van der Waals surface area contributed by atoms with Crippen LogP contribution in [-0.4, -0.2) is 17.0 Å². The Balaban J connectivity index is 2.16. The molecular formula is C10H15ClO2. The third-order valence-electron chi connectivity index (χ3n) is 4.14. The van der Waals surface area contributed by atoms with Crippen LogP contribution in [0, 0.1) is 10.8 Å². The summed E-state index contributed by atoms with van der Waals surface area (Å²) < 4.78 is 0. The number of carboxylic acids is 1. The molecule has 3 aliphatic carbocycles. The number of carboxylic acid groups (broad SMARTS) is 1. The lowest BCUT2D eigenvalue weighted by Gasteiger charge is -2.50. The Labute approximate surface area is 83.3 Å². The fraction of sp³-hybridized carbons (Fsp3) is 0.900. The zero-order valence-corrected chi connectivity index (χ0v) is 8.44. The van der Waals surface area contributed by atoms with Crippen molar-refractivity contribution in [3.63, 3.8) is 0 Å². The van der Waals surface area contributed by atoms with Crippen molar-refractivity contribution in [1.29, 1.82) is 0 Å². The summed E-state index contributed by atoms with van der Waals surface area (Å²) >= 11 is 5.94. The number of hydrogen-bond acceptors (Lipinski definition) is 1. The molecule has 0 aliphatic heterocycles. The smallest absolute Gasteiger partial charge is 0.309 e. The van der Waals surface area contributed by atoms with Gasteiger partial charge < -0.3 is 5.11 Å². The van der Waals surface area contributed by atoms with Crippen LogP contribution in [-0.2, 0) is 4.79 Å². The molecule has 0 radical (unpaired) electrons. The summed E-state index contributed by atoms with van der Waals surface area (Å²) in [7, 11) is 0. The molecule has 74 valence electrons. The zero-order valence-electron chi connectivity index (χ0n) is 7.68. The Bertz CT molecular complexity index is 213. The van der Waals surface area contributed by atoms with E-state index in [0.717, 1.165) is 38.5 Å². The average Bonchev–Trinajstić information content (AvgIpc) is 2.20. The first-order chi connectivity index (χ1) is 6.13. The minimum absolute atomic E-state index is 0.290. The molecule has 3 rings (SSSR count). The Morgan fingerprint density at radius 1 is 1.15 bits per heavy atom. The lowest BCUT2D eigenvalue weighted by molar-refractivity contribution is -0.158. The van der Waals surface area contributed by atoms with Crippen LogP contribution in [0.25, 0.3) is 0 Å². The van der Waals surface area contributed by atoms with Gasteiger partial charge >= 0.3 is 5.97 Å². The van der Waals surface area contributed by atoms with E-state index in [0.29, 0.717) is 11.3 Å². The Morgan fingerprint density at radius 3 is 1.92 bits per heavy atom. The van der Waals surface area contributed by atoms with Crippen LogP contribution < -0.4 is 0 Å². The summed E-state index contributed by atoms with van der Waals surface area (Å²) in [6.45, 7) is 0. The number of halogens is 1. The molecule has 0 aromatic carbocycles. The van der Waals surface area contributed by atoms with Crippen molar-refractivity contribution in [2.75, 3.05) is 5.88 Å². The van der Waals surface area contributed by atoms with Gasteiger partial charge in [-0.15, -0.1) is 11.6 Å². The summed E-state index contributed by atoms with van der Waals surface area (Å²) in [5.74, 6) is 0.123. The molecular weight excluding hydrogens is 188 g/mol. The quantitative estimate of drug-likeness (QED) is 0.699. The normalized spacial score (nSPS) is 43.5.